The molecule has 0 unspecified atom stereocenters. The van der Waals surface area contributed by atoms with Crippen LogP contribution in [0.1, 0.15) is 36.2 Å². The van der Waals surface area contributed by atoms with Gasteiger partial charge < -0.3 is 16.0 Å². The van der Waals surface area contributed by atoms with Crippen LogP contribution in [0.2, 0.25) is 0 Å². The molecule has 3 heterocycles. The van der Waals surface area contributed by atoms with E-state index in [0.29, 0.717) is 28.6 Å². The number of aromatic amines is 1. The molecular formula is C17H21N7O. The van der Waals surface area contributed by atoms with Crippen molar-refractivity contribution in [2.75, 3.05) is 6.54 Å². The van der Waals surface area contributed by atoms with E-state index in [-0.39, 0.29) is 11.9 Å². The number of fused-ring (bicyclic) bond motifs is 1. The lowest BCUT2D eigenvalue weighted by Gasteiger charge is -2.28. The van der Waals surface area contributed by atoms with Crippen LogP contribution in [0.4, 0.5) is 0 Å². The maximum absolute atomic E-state index is 12.8. The smallest absolute Gasteiger partial charge is 0.272 e. The van der Waals surface area contributed by atoms with Gasteiger partial charge in [-0.15, -0.1) is 0 Å². The monoisotopic (exact) mass is 339 g/mol. The predicted octanol–water partition coefficient (Wildman–Crippen LogP) is 1.39. The van der Waals surface area contributed by atoms with Crippen molar-refractivity contribution in [2.45, 2.75) is 31.7 Å². The van der Waals surface area contributed by atoms with Gasteiger partial charge in [0.2, 0.25) is 5.95 Å². The first-order chi connectivity index (χ1) is 12.2. The van der Waals surface area contributed by atoms with Crippen LogP contribution < -0.4 is 11.1 Å². The first kappa shape index (κ1) is 15.8. The molecule has 130 valence electrons. The summed E-state index contributed by atoms with van der Waals surface area (Å²) in [4.78, 5) is 28.8. The maximum atomic E-state index is 12.8. The van der Waals surface area contributed by atoms with Gasteiger partial charge in [-0.25, -0.2) is 15.0 Å². The number of H-pyrrole nitrogens is 1. The van der Waals surface area contributed by atoms with Crippen LogP contribution in [0.25, 0.3) is 17.0 Å². The molecule has 8 heteroatoms. The summed E-state index contributed by atoms with van der Waals surface area (Å²) in [5.74, 6) is 0.837. The first-order valence-electron chi connectivity index (χ1n) is 8.59. The molecule has 1 saturated carbocycles. The topological polar surface area (TPSA) is 115 Å². The summed E-state index contributed by atoms with van der Waals surface area (Å²) in [6.45, 7) is 0.726. The summed E-state index contributed by atoms with van der Waals surface area (Å²) in [6.07, 6.45) is 10.8. The molecule has 3 aromatic rings. The van der Waals surface area contributed by atoms with Gasteiger partial charge in [0.1, 0.15) is 6.33 Å². The molecular weight excluding hydrogens is 318 g/mol. The third-order valence-electron chi connectivity index (χ3n) is 4.86. The number of nitrogens with one attached hydrogen (secondary N) is 2. The van der Waals surface area contributed by atoms with Crippen LogP contribution in [0, 0.1) is 5.92 Å². The highest BCUT2D eigenvalue weighted by molar-refractivity contribution is 6.03. The highest BCUT2D eigenvalue weighted by Crippen LogP contribution is 2.24. The number of nitrogens with zero attached hydrogens (tertiary/aromatic N) is 4. The van der Waals surface area contributed by atoms with Crippen LogP contribution in [-0.4, -0.2) is 43.0 Å². The minimum atomic E-state index is -0.174. The van der Waals surface area contributed by atoms with Gasteiger partial charge in [0.25, 0.3) is 5.91 Å². The molecule has 4 N–H and O–H groups in total. The van der Waals surface area contributed by atoms with Gasteiger partial charge in [0.05, 0.1) is 11.0 Å². The average molecular weight is 339 g/mol. The largest absolute Gasteiger partial charge is 0.358 e. The van der Waals surface area contributed by atoms with Crippen molar-refractivity contribution < 1.29 is 4.79 Å². The van der Waals surface area contributed by atoms with E-state index in [1.807, 2.05) is 6.07 Å². The highest BCUT2D eigenvalue weighted by Gasteiger charge is 2.24. The Bertz CT molecular complexity index is 862. The van der Waals surface area contributed by atoms with E-state index in [2.05, 4.69) is 25.3 Å². The van der Waals surface area contributed by atoms with Crippen molar-refractivity contribution in [3.8, 4) is 5.95 Å². The molecule has 0 aromatic carbocycles. The first-order valence-corrected chi connectivity index (χ1v) is 8.59. The second-order valence-corrected chi connectivity index (χ2v) is 6.51. The number of hydrogen-bond donors (Lipinski definition) is 3. The molecule has 0 aliphatic heterocycles. The van der Waals surface area contributed by atoms with Crippen molar-refractivity contribution in [2.24, 2.45) is 11.7 Å². The van der Waals surface area contributed by atoms with Crippen LogP contribution in [0.3, 0.4) is 0 Å². The Morgan fingerprint density at radius 3 is 2.88 bits per heavy atom. The minimum absolute atomic E-state index is 0.173. The molecule has 0 atom stereocenters. The van der Waals surface area contributed by atoms with E-state index < -0.39 is 0 Å². The average Bonchev–Trinajstić information content (AvgIpc) is 3.32. The minimum Gasteiger partial charge on any atom is -0.358 e. The fourth-order valence-electron chi connectivity index (χ4n) is 3.39. The Balaban J connectivity index is 1.59. The summed E-state index contributed by atoms with van der Waals surface area (Å²) < 4.78 is 1.69. The zero-order valence-corrected chi connectivity index (χ0v) is 13.9. The molecule has 4 rings (SSSR count). The molecule has 0 spiro atoms. The Hall–Kier alpha value is -2.74. The highest BCUT2D eigenvalue weighted by atomic mass is 16.2. The fraction of sp³-hybridized carbons (Fsp3) is 0.412. The van der Waals surface area contributed by atoms with E-state index in [4.69, 9.17) is 5.73 Å². The van der Waals surface area contributed by atoms with Gasteiger partial charge in [0, 0.05) is 24.6 Å². The molecule has 1 fully saturated rings. The lowest BCUT2D eigenvalue weighted by Crippen LogP contribution is -2.39. The van der Waals surface area contributed by atoms with E-state index in [1.165, 1.54) is 0 Å². The van der Waals surface area contributed by atoms with Crippen LogP contribution >= 0.6 is 0 Å². The Morgan fingerprint density at radius 2 is 2.16 bits per heavy atom. The van der Waals surface area contributed by atoms with Crippen LogP contribution in [0.5, 0.6) is 0 Å². The predicted molar refractivity (Wildman–Crippen MR) is 93.3 cm³/mol. The fourth-order valence-corrected chi connectivity index (χ4v) is 3.39. The molecule has 3 aromatic heterocycles. The molecule has 25 heavy (non-hydrogen) atoms. The quantitative estimate of drug-likeness (QED) is 0.664. The molecule has 1 aliphatic rings. The lowest BCUT2D eigenvalue weighted by molar-refractivity contribution is 0.0919. The van der Waals surface area contributed by atoms with E-state index in [1.54, 1.807) is 29.5 Å². The number of nitrogens with two attached hydrogens (primary N) is 1. The van der Waals surface area contributed by atoms with Gasteiger partial charge in [0.15, 0.2) is 5.69 Å². The maximum Gasteiger partial charge on any atom is 0.272 e. The second kappa shape index (κ2) is 6.64. The normalized spacial score (nSPS) is 20.7. The van der Waals surface area contributed by atoms with Gasteiger partial charge in [-0.05, 0) is 44.2 Å². The third-order valence-corrected chi connectivity index (χ3v) is 4.86. The zero-order chi connectivity index (χ0) is 17.2. The summed E-state index contributed by atoms with van der Waals surface area (Å²) >= 11 is 0. The molecule has 0 bridgehead atoms. The standard InChI is InChI=1S/C17H21N7O/c18-9-11-1-3-12(4-2-11)21-16(25)15-14-13(5-6-20-14)22-17(23-15)24-8-7-19-10-24/h5-8,10-12,20H,1-4,9,18H2,(H,21,25). The summed E-state index contributed by atoms with van der Waals surface area (Å²) in [5.41, 5.74) is 7.45. The Kier molecular flexibility index (Phi) is 4.19. The van der Waals surface area contributed by atoms with Crippen molar-refractivity contribution in [1.29, 1.82) is 0 Å². The number of imidazole rings is 1. The summed E-state index contributed by atoms with van der Waals surface area (Å²) in [5, 5.41) is 3.12. The number of rotatable bonds is 4. The molecule has 0 saturated heterocycles. The van der Waals surface area contributed by atoms with Gasteiger partial charge >= 0.3 is 0 Å². The Labute approximate surface area is 144 Å². The van der Waals surface area contributed by atoms with Crippen molar-refractivity contribution >= 4 is 16.9 Å². The second-order valence-electron chi connectivity index (χ2n) is 6.51. The number of carbonyl (C=O) groups is 1. The lowest BCUT2D eigenvalue weighted by atomic mass is 9.86. The number of carbonyl (C=O) groups excluding carboxylic acids is 1. The summed E-state index contributed by atoms with van der Waals surface area (Å²) in [6, 6.07) is 2.01. The molecule has 0 radical (unpaired) electrons. The SMILES string of the molecule is NCC1CCC(NC(=O)c2nc(-n3ccnc3)nc3cc[nH]c23)CC1. The van der Waals surface area contributed by atoms with E-state index in [0.717, 1.165) is 32.2 Å². The van der Waals surface area contributed by atoms with E-state index >= 15 is 0 Å². The molecule has 1 amide bonds. The zero-order valence-electron chi connectivity index (χ0n) is 13.9. The number of amides is 1. The number of aromatic nitrogens is 5. The van der Waals surface area contributed by atoms with Crippen LogP contribution in [0.15, 0.2) is 31.0 Å². The molecule has 8 nitrogen and oxygen atoms in total. The number of hydrogen-bond acceptors (Lipinski definition) is 5. The van der Waals surface area contributed by atoms with Crippen molar-refractivity contribution in [3.05, 3.63) is 36.7 Å². The van der Waals surface area contributed by atoms with Crippen LogP contribution in [-0.2, 0) is 0 Å². The van der Waals surface area contributed by atoms with Crippen molar-refractivity contribution in [1.82, 2.24) is 29.8 Å². The Morgan fingerprint density at radius 1 is 1.32 bits per heavy atom. The van der Waals surface area contributed by atoms with E-state index in [9.17, 15) is 4.79 Å². The van der Waals surface area contributed by atoms with Gasteiger partial charge in [-0.2, -0.15) is 0 Å². The van der Waals surface area contributed by atoms with Gasteiger partial charge in [-0.1, -0.05) is 0 Å². The third kappa shape index (κ3) is 3.12. The molecule has 1 aliphatic carbocycles. The van der Waals surface area contributed by atoms with Crippen molar-refractivity contribution in [3.63, 3.8) is 0 Å². The summed E-state index contributed by atoms with van der Waals surface area (Å²) in [7, 11) is 0. The van der Waals surface area contributed by atoms with Gasteiger partial charge in [-0.3, -0.25) is 9.36 Å².